The highest BCUT2D eigenvalue weighted by Gasteiger charge is 2.50. The van der Waals surface area contributed by atoms with Crippen LogP contribution in [0.25, 0.3) is 0 Å². The molecule has 1 heterocycles. The summed E-state index contributed by atoms with van der Waals surface area (Å²) in [4.78, 5) is 23.8. The molecule has 2 N–H and O–H groups in total. The van der Waals surface area contributed by atoms with Gasteiger partial charge in [-0.3, -0.25) is 9.59 Å². The summed E-state index contributed by atoms with van der Waals surface area (Å²) in [5.41, 5.74) is 0.942. The van der Waals surface area contributed by atoms with E-state index in [4.69, 9.17) is 0 Å². The number of hydrogen-bond donors (Lipinski definition) is 2. The minimum Gasteiger partial charge on any atom is -0.481 e. The third kappa shape index (κ3) is 4.01. The quantitative estimate of drug-likeness (QED) is 0.764. The van der Waals surface area contributed by atoms with Crippen LogP contribution in [0.5, 0.6) is 0 Å². The van der Waals surface area contributed by atoms with Crippen LogP contribution in [-0.4, -0.2) is 49.3 Å². The molecule has 0 spiro atoms. The lowest BCUT2D eigenvalue weighted by Gasteiger charge is -2.31. The van der Waals surface area contributed by atoms with Crippen LogP contribution in [0.4, 0.5) is 0 Å². The number of aryl methyl sites for hydroxylation is 2. The van der Waals surface area contributed by atoms with Gasteiger partial charge in [-0.15, -0.1) is 0 Å². The Balaban J connectivity index is 1.58. The third-order valence-corrected chi connectivity index (χ3v) is 7.74. The summed E-state index contributed by atoms with van der Waals surface area (Å²) in [6.07, 6.45) is 2.07. The Hall–Kier alpha value is -1.93. The van der Waals surface area contributed by atoms with E-state index in [1.165, 1.54) is 4.31 Å². The van der Waals surface area contributed by atoms with E-state index in [1.807, 2.05) is 13.0 Å². The lowest BCUT2D eigenvalue weighted by atomic mass is 9.97. The molecule has 0 bridgehead atoms. The fraction of sp³-hybridized carbons (Fsp3) is 0.579. The van der Waals surface area contributed by atoms with Crippen LogP contribution < -0.4 is 5.32 Å². The number of rotatable bonds is 6. The van der Waals surface area contributed by atoms with E-state index < -0.39 is 21.4 Å². The standard InChI is InChI=1S/C19H26N2O5S/c1-13-3-4-16(14(2)11-13)27(25,26)21-9-5-15(6-10-21)17(22)20-12-19(7-8-19)18(23)24/h3-4,11,15H,5-10,12H2,1-2H3,(H,20,22)(H,23,24). The minimum absolute atomic E-state index is 0.155. The first-order chi connectivity index (χ1) is 12.7. The Bertz CT molecular complexity index is 853. The maximum Gasteiger partial charge on any atom is 0.311 e. The summed E-state index contributed by atoms with van der Waals surface area (Å²) in [6.45, 7) is 4.44. The molecule has 7 nitrogen and oxygen atoms in total. The monoisotopic (exact) mass is 394 g/mol. The number of carboxylic acid groups (broad SMARTS) is 1. The second kappa shape index (κ2) is 7.24. The van der Waals surface area contributed by atoms with Gasteiger partial charge in [0.1, 0.15) is 0 Å². The normalized spacial score (nSPS) is 20.2. The Morgan fingerprint density at radius 3 is 2.37 bits per heavy atom. The van der Waals surface area contributed by atoms with Gasteiger partial charge in [0.15, 0.2) is 0 Å². The summed E-state index contributed by atoms with van der Waals surface area (Å²) >= 11 is 0. The molecule has 1 saturated heterocycles. The van der Waals surface area contributed by atoms with Crippen molar-refractivity contribution in [2.75, 3.05) is 19.6 Å². The van der Waals surface area contributed by atoms with Crippen LogP contribution >= 0.6 is 0 Å². The fourth-order valence-electron chi connectivity index (χ4n) is 3.60. The van der Waals surface area contributed by atoms with Crippen LogP contribution in [-0.2, 0) is 19.6 Å². The molecule has 1 aliphatic heterocycles. The van der Waals surface area contributed by atoms with Crippen LogP contribution in [0.3, 0.4) is 0 Å². The molecule has 0 atom stereocenters. The predicted molar refractivity (Wildman–Crippen MR) is 99.7 cm³/mol. The van der Waals surface area contributed by atoms with Gasteiger partial charge in [-0.2, -0.15) is 4.31 Å². The highest BCUT2D eigenvalue weighted by atomic mass is 32.2. The third-order valence-electron chi connectivity index (χ3n) is 5.68. The van der Waals surface area contributed by atoms with Gasteiger partial charge in [0, 0.05) is 25.6 Å². The van der Waals surface area contributed by atoms with E-state index >= 15 is 0 Å². The van der Waals surface area contributed by atoms with Crippen molar-refractivity contribution >= 4 is 21.9 Å². The molecule has 1 aromatic rings. The van der Waals surface area contributed by atoms with E-state index in [2.05, 4.69) is 5.32 Å². The van der Waals surface area contributed by atoms with Crippen molar-refractivity contribution in [3.05, 3.63) is 29.3 Å². The Morgan fingerprint density at radius 2 is 1.85 bits per heavy atom. The molecule has 27 heavy (non-hydrogen) atoms. The van der Waals surface area contributed by atoms with Crippen molar-refractivity contribution in [2.24, 2.45) is 11.3 Å². The molecule has 0 aromatic heterocycles. The van der Waals surface area contributed by atoms with E-state index in [9.17, 15) is 23.1 Å². The number of amides is 1. The second-order valence-corrected chi connectivity index (χ2v) is 9.66. The first-order valence-electron chi connectivity index (χ1n) is 9.24. The zero-order valence-corrected chi connectivity index (χ0v) is 16.5. The number of nitrogens with one attached hydrogen (secondary N) is 1. The smallest absolute Gasteiger partial charge is 0.311 e. The second-order valence-electron chi connectivity index (χ2n) is 7.75. The van der Waals surface area contributed by atoms with E-state index in [-0.39, 0.29) is 31.5 Å². The van der Waals surface area contributed by atoms with Gasteiger partial charge in [-0.05, 0) is 51.2 Å². The number of aliphatic carboxylic acids is 1. The topological polar surface area (TPSA) is 104 Å². The maximum absolute atomic E-state index is 12.9. The van der Waals surface area contributed by atoms with Crippen molar-refractivity contribution in [1.82, 2.24) is 9.62 Å². The van der Waals surface area contributed by atoms with Crippen molar-refractivity contribution < 1.29 is 23.1 Å². The highest BCUT2D eigenvalue weighted by molar-refractivity contribution is 7.89. The van der Waals surface area contributed by atoms with Crippen molar-refractivity contribution in [2.45, 2.75) is 44.4 Å². The lowest BCUT2D eigenvalue weighted by Crippen LogP contribution is -2.44. The lowest BCUT2D eigenvalue weighted by molar-refractivity contribution is -0.143. The van der Waals surface area contributed by atoms with Gasteiger partial charge >= 0.3 is 5.97 Å². The average Bonchev–Trinajstić information content (AvgIpc) is 3.41. The number of carbonyl (C=O) groups is 2. The van der Waals surface area contributed by atoms with E-state index in [0.29, 0.717) is 30.6 Å². The van der Waals surface area contributed by atoms with Gasteiger partial charge in [0.2, 0.25) is 15.9 Å². The zero-order valence-electron chi connectivity index (χ0n) is 15.7. The molecule has 8 heteroatoms. The highest BCUT2D eigenvalue weighted by Crippen LogP contribution is 2.45. The molecular formula is C19H26N2O5S. The first-order valence-corrected chi connectivity index (χ1v) is 10.7. The van der Waals surface area contributed by atoms with Crippen LogP contribution in [0, 0.1) is 25.2 Å². The number of nitrogens with zero attached hydrogens (tertiary/aromatic N) is 1. The van der Waals surface area contributed by atoms with Crippen LogP contribution in [0.2, 0.25) is 0 Å². The molecule has 0 radical (unpaired) electrons. The van der Waals surface area contributed by atoms with Crippen molar-refractivity contribution in [3.8, 4) is 0 Å². The number of carboxylic acids is 1. The fourth-order valence-corrected chi connectivity index (χ4v) is 5.28. The minimum atomic E-state index is -3.57. The van der Waals surface area contributed by atoms with Crippen LogP contribution in [0.1, 0.15) is 36.8 Å². The average molecular weight is 394 g/mol. The Kier molecular flexibility index (Phi) is 5.31. The van der Waals surface area contributed by atoms with E-state index in [1.54, 1.807) is 19.1 Å². The van der Waals surface area contributed by atoms with Crippen LogP contribution in [0.15, 0.2) is 23.1 Å². The van der Waals surface area contributed by atoms with E-state index in [0.717, 1.165) is 11.1 Å². The molecule has 1 aromatic carbocycles. The zero-order chi connectivity index (χ0) is 19.8. The Labute approximate surface area is 159 Å². The number of sulfonamides is 1. The molecule has 1 saturated carbocycles. The summed E-state index contributed by atoms with van der Waals surface area (Å²) < 4.78 is 27.2. The Morgan fingerprint density at radius 1 is 1.22 bits per heavy atom. The maximum atomic E-state index is 12.9. The van der Waals surface area contributed by atoms with Gasteiger partial charge < -0.3 is 10.4 Å². The number of carbonyl (C=O) groups excluding carboxylic acids is 1. The van der Waals surface area contributed by atoms with Crippen molar-refractivity contribution in [1.29, 1.82) is 0 Å². The van der Waals surface area contributed by atoms with Gasteiger partial charge in [0.05, 0.1) is 10.3 Å². The summed E-state index contributed by atoms with van der Waals surface area (Å²) in [5.74, 6) is -1.32. The molecule has 148 valence electrons. The number of piperidine rings is 1. The first kappa shape index (κ1) is 19.8. The summed E-state index contributed by atoms with van der Waals surface area (Å²) in [5, 5.41) is 11.9. The van der Waals surface area contributed by atoms with Crippen molar-refractivity contribution in [3.63, 3.8) is 0 Å². The number of benzene rings is 1. The van der Waals surface area contributed by atoms with Gasteiger partial charge in [-0.25, -0.2) is 8.42 Å². The molecule has 2 aliphatic rings. The SMILES string of the molecule is Cc1ccc(S(=O)(=O)N2CCC(C(=O)NCC3(C(=O)O)CC3)CC2)c(C)c1. The summed E-state index contributed by atoms with van der Waals surface area (Å²) in [6, 6.07) is 5.28. The molecular weight excluding hydrogens is 368 g/mol. The van der Waals surface area contributed by atoms with Gasteiger partial charge in [0.25, 0.3) is 0 Å². The molecule has 3 rings (SSSR count). The summed E-state index contributed by atoms with van der Waals surface area (Å²) in [7, 11) is -3.57. The predicted octanol–water partition coefficient (Wildman–Crippen LogP) is 1.69. The molecule has 1 amide bonds. The number of hydrogen-bond acceptors (Lipinski definition) is 4. The van der Waals surface area contributed by atoms with Gasteiger partial charge in [-0.1, -0.05) is 17.7 Å². The molecule has 0 unspecified atom stereocenters. The largest absolute Gasteiger partial charge is 0.481 e. The molecule has 2 fully saturated rings. The molecule has 1 aliphatic carbocycles.